The van der Waals surface area contributed by atoms with Gasteiger partial charge in [0.1, 0.15) is 0 Å². The molecule has 0 atom stereocenters. The molecule has 0 aliphatic heterocycles. The summed E-state index contributed by atoms with van der Waals surface area (Å²) in [5.74, 6) is -1.16. The predicted octanol–water partition coefficient (Wildman–Crippen LogP) is 2.84. The second-order valence-electron chi connectivity index (χ2n) is 3.67. The minimum Gasteiger partial charge on any atom is -0.478 e. The molecule has 2 rings (SSSR count). The normalized spacial score (nSPS) is 10.7. The molecule has 0 spiro atoms. The summed E-state index contributed by atoms with van der Waals surface area (Å²) < 4.78 is 0. The zero-order valence-electron chi connectivity index (χ0n) is 9.83. The fraction of sp³-hybridized carbons (Fsp3) is 0.0769. The van der Waals surface area contributed by atoms with Crippen molar-refractivity contribution in [3.63, 3.8) is 0 Å². The van der Waals surface area contributed by atoms with Gasteiger partial charge in [-0.05, 0) is 23.6 Å². The number of carbonyl (C=O) groups is 2. The van der Waals surface area contributed by atoms with Crippen LogP contribution in [0.4, 0.5) is 0 Å². The first kappa shape index (κ1) is 13.5. The lowest BCUT2D eigenvalue weighted by atomic mass is 10.3. The van der Waals surface area contributed by atoms with E-state index in [1.807, 2.05) is 17.5 Å². The Bertz CT molecular complexity index is 599. The Labute approximate surface area is 118 Å². The number of rotatable bonds is 5. The summed E-state index contributed by atoms with van der Waals surface area (Å²) in [4.78, 5) is 24.1. The number of nitrogens with one attached hydrogen (secondary N) is 1. The van der Waals surface area contributed by atoms with Gasteiger partial charge in [0.05, 0.1) is 12.1 Å². The van der Waals surface area contributed by atoms with Crippen molar-refractivity contribution in [1.82, 2.24) is 5.32 Å². The van der Waals surface area contributed by atoms with Gasteiger partial charge in [-0.3, -0.25) is 4.79 Å². The molecule has 4 nitrogen and oxygen atoms in total. The van der Waals surface area contributed by atoms with Crippen LogP contribution in [0, 0.1) is 0 Å². The van der Waals surface area contributed by atoms with Crippen molar-refractivity contribution in [2.75, 3.05) is 0 Å². The van der Waals surface area contributed by atoms with E-state index in [1.165, 1.54) is 17.4 Å². The maximum absolute atomic E-state index is 11.9. The monoisotopic (exact) mass is 293 g/mol. The van der Waals surface area contributed by atoms with E-state index in [-0.39, 0.29) is 5.91 Å². The average Bonchev–Trinajstić information content (AvgIpc) is 3.04. The Morgan fingerprint density at radius 1 is 1.37 bits per heavy atom. The first-order valence-corrected chi connectivity index (χ1v) is 7.21. The molecule has 0 saturated carbocycles. The lowest BCUT2D eigenvalue weighted by Crippen LogP contribution is -2.21. The number of carboxylic acids is 1. The summed E-state index contributed by atoms with van der Waals surface area (Å²) in [7, 11) is 0. The number of hydrogen-bond acceptors (Lipinski definition) is 4. The van der Waals surface area contributed by atoms with Crippen molar-refractivity contribution < 1.29 is 14.7 Å². The maximum atomic E-state index is 11.9. The van der Waals surface area contributed by atoms with E-state index in [4.69, 9.17) is 5.11 Å². The standard InChI is InChI=1S/C13H11NO3S2/c15-12(16)4-3-10-6-9(8-19-10)13(17)14-7-11-2-1-5-18-11/h1-6,8H,7H2,(H,14,17)(H,15,16). The highest BCUT2D eigenvalue weighted by molar-refractivity contribution is 7.11. The predicted molar refractivity (Wildman–Crippen MR) is 76.5 cm³/mol. The zero-order chi connectivity index (χ0) is 13.7. The minimum atomic E-state index is -1.00. The third kappa shape index (κ3) is 4.04. The smallest absolute Gasteiger partial charge is 0.328 e. The molecular weight excluding hydrogens is 282 g/mol. The Hall–Kier alpha value is -1.92. The van der Waals surface area contributed by atoms with Crippen molar-refractivity contribution in [1.29, 1.82) is 0 Å². The lowest BCUT2D eigenvalue weighted by molar-refractivity contribution is -0.131. The molecule has 19 heavy (non-hydrogen) atoms. The molecule has 0 fully saturated rings. The van der Waals surface area contributed by atoms with E-state index < -0.39 is 5.97 Å². The topological polar surface area (TPSA) is 66.4 Å². The number of carboxylic acid groups (broad SMARTS) is 1. The molecule has 0 bridgehead atoms. The van der Waals surface area contributed by atoms with E-state index in [0.29, 0.717) is 12.1 Å². The van der Waals surface area contributed by atoms with Crippen LogP contribution in [0.2, 0.25) is 0 Å². The highest BCUT2D eigenvalue weighted by Gasteiger charge is 2.07. The van der Waals surface area contributed by atoms with Gasteiger partial charge in [-0.1, -0.05) is 6.07 Å². The zero-order valence-corrected chi connectivity index (χ0v) is 11.5. The second kappa shape index (κ2) is 6.31. The van der Waals surface area contributed by atoms with Gasteiger partial charge in [-0.15, -0.1) is 22.7 Å². The summed E-state index contributed by atoms with van der Waals surface area (Å²) in [5, 5.41) is 15.0. The fourth-order valence-corrected chi connectivity index (χ4v) is 2.82. The summed E-state index contributed by atoms with van der Waals surface area (Å²) in [6.45, 7) is 0.507. The van der Waals surface area contributed by atoms with Crippen LogP contribution in [-0.2, 0) is 11.3 Å². The Kier molecular flexibility index (Phi) is 4.48. The van der Waals surface area contributed by atoms with Gasteiger partial charge in [-0.25, -0.2) is 4.79 Å². The van der Waals surface area contributed by atoms with Crippen molar-refractivity contribution in [2.24, 2.45) is 0 Å². The van der Waals surface area contributed by atoms with Crippen LogP contribution < -0.4 is 5.32 Å². The van der Waals surface area contributed by atoms with Crippen LogP contribution >= 0.6 is 22.7 Å². The number of aliphatic carboxylic acids is 1. The molecule has 98 valence electrons. The van der Waals surface area contributed by atoms with E-state index >= 15 is 0 Å². The minimum absolute atomic E-state index is 0.153. The number of thiophene rings is 2. The number of carbonyl (C=O) groups excluding carboxylic acids is 1. The Morgan fingerprint density at radius 2 is 2.21 bits per heavy atom. The van der Waals surface area contributed by atoms with Gasteiger partial charge in [0, 0.05) is 21.2 Å². The van der Waals surface area contributed by atoms with Gasteiger partial charge in [0.15, 0.2) is 0 Å². The van der Waals surface area contributed by atoms with Crippen molar-refractivity contribution >= 4 is 40.6 Å². The van der Waals surface area contributed by atoms with Gasteiger partial charge in [0.2, 0.25) is 0 Å². The van der Waals surface area contributed by atoms with E-state index in [0.717, 1.165) is 15.8 Å². The van der Waals surface area contributed by atoms with Crippen molar-refractivity contribution in [3.8, 4) is 0 Å². The lowest BCUT2D eigenvalue weighted by Gasteiger charge is -2.00. The quantitative estimate of drug-likeness (QED) is 0.833. The highest BCUT2D eigenvalue weighted by Crippen LogP contribution is 2.16. The second-order valence-corrected chi connectivity index (χ2v) is 5.65. The molecule has 0 aliphatic carbocycles. The molecule has 2 N–H and O–H groups in total. The molecule has 0 unspecified atom stereocenters. The first-order valence-electron chi connectivity index (χ1n) is 5.45. The maximum Gasteiger partial charge on any atom is 0.328 e. The molecule has 6 heteroatoms. The van der Waals surface area contributed by atoms with E-state index in [9.17, 15) is 9.59 Å². The fourth-order valence-electron chi connectivity index (χ4n) is 1.40. The molecule has 0 saturated heterocycles. The van der Waals surface area contributed by atoms with Crippen molar-refractivity contribution in [2.45, 2.75) is 6.54 Å². The van der Waals surface area contributed by atoms with Gasteiger partial charge in [-0.2, -0.15) is 0 Å². The summed E-state index contributed by atoms with van der Waals surface area (Å²) in [6.07, 6.45) is 2.53. The van der Waals surface area contributed by atoms with Crippen molar-refractivity contribution in [3.05, 3.63) is 50.4 Å². The Balaban J connectivity index is 1.94. The highest BCUT2D eigenvalue weighted by atomic mass is 32.1. The molecule has 2 aromatic rings. The van der Waals surface area contributed by atoms with Crippen LogP contribution in [0.3, 0.4) is 0 Å². The average molecular weight is 293 g/mol. The molecule has 2 heterocycles. The molecule has 0 aliphatic rings. The third-order valence-electron chi connectivity index (χ3n) is 2.28. The molecule has 0 aromatic carbocycles. The number of amides is 1. The summed E-state index contributed by atoms with van der Waals surface area (Å²) in [6, 6.07) is 5.57. The van der Waals surface area contributed by atoms with Gasteiger partial charge in [0.25, 0.3) is 5.91 Å². The van der Waals surface area contributed by atoms with Crippen LogP contribution in [0.25, 0.3) is 6.08 Å². The first-order chi connectivity index (χ1) is 9.15. The van der Waals surface area contributed by atoms with Crippen LogP contribution in [0.5, 0.6) is 0 Å². The van der Waals surface area contributed by atoms with Gasteiger partial charge >= 0.3 is 5.97 Å². The molecular formula is C13H11NO3S2. The van der Waals surface area contributed by atoms with Crippen LogP contribution in [-0.4, -0.2) is 17.0 Å². The largest absolute Gasteiger partial charge is 0.478 e. The molecule has 2 aromatic heterocycles. The van der Waals surface area contributed by atoms with Gasteiger partial charge < -0.3 is 10.4 Å². The SMILES string of the molecule is O=C(O)C=Cc1cc(C(=O)NCc2cccs2)cs1. The van der Waals surface area contributed by atoms with E-state index in [1.54, 1.807) is 22.8 Å². The summed E-state index contributed by atoms with van der Waals surface area (Å²) in [5.41, 5.74) is 0.548. The third-order valence-corrected chi connectivity index (χ3v) is 4.05. The Morgan fingerprint density at radius 3 is 2.89 bits per heavy atom. The van der Waals surface area contributed by atoms with E-state index in [2.05, 4.69) is 5.32 Å². The van der Waals surface area contributed by atoms with Crippen LogP contribution in [0.15, 0.2) is 35.0 Å². The van der Waals surface area contributed by atoms with Crippen LogP contribution in [0.1, 0.15) is 20.1 Å². The molecule has 1 amide bonds. The summed E-state index contributed by atoms with van der Waals surface area (Å²) >= 11 is 2.92. The number of hydrogen-bond donors (Lipinski definition) is 2. The molecule has 0 radical (unpaired) electrons.